The molecule has 1 aromatic carbocycles. The largest absolute Gasteiger partial charge is 0.334 e. The molecule has 1 fully saturated rings. The molecular formula is C15H20F2N2O. The van der Waals surface area contributed by atoms with Gasteiger partial charge in [0.15, 0.2) is 11.6 Å². The highest BCUT2D eigenvalue weighted by molar-refractivity contribution is 5.94. The molecule has 1 aliphatic heterocycles. The van der Waals surface area contributed by atoms with Gasteiger partial charge >= 0.3 is 0 Å². The van der Waals surface area contributed by atoms with Crippen molar-refractivity contribution in [1.29, 1.82) is 0 Å². The first-order valence-electron chi connectivity index (χ1n) is 7.10. The quantitative estimate of drug-likeness (QED) is 0.920. The first-order chi connectivity index (χ1) is 9.63. The van der Waals surface area contributed by atoms with E-state index in [4.69, 9.17) is 0 Å². The molecule has 1 atom stereocenters. The second-order valence-corrected chi connectivity index (χ2v) is 5.13. The Labute approximate surface area is 118 Å². The lowest BCUT2D eigenvalue weighted by molar-refractivity contribution is 0.0648. The summed E-state index contributed by atoms with van der Waals surface area (Å²) in [5, 5.41) is 3.27. The summed E-state index contributed by atoms with van der Waals surface area (Å²) < 4.78 is 26.2. The Bertz CT molecular complexity index is 473. The minimum Gasteiger partial charge on any atom is -0.334 e. The molecule has 1 N–H and O–H groups in total. The summed E-state index contributed by atoms with van der Waals surface area (Å²) in [6, 6.07) is 3.46. The number of piperidine rings is 1. The fourth-order valence-electron chi connectivity index (χ4n) is 2.59. The molecule has 2 rings (SSSR count). The molecule has 110 valence electrons. The predicted octanol–water partition coefficient (Wildman–Crippen LogP) is 2.57. The Morgan fingerprint density at radius 1 is 1.40 bits per heavy atom. The number of benzene rings is 1. The maximum Gasteiger partial charge on any atom is 0.254 e. The zero-order valence-electron chi connectivity index (χ0n) is 11.7. The van der Waals surface area contributed by atoms with Crippen LogP contribution in [0.15, 0.2) is 18.2 Å². The fourth-order valence-corrected chi connectivity index (χ4v) is 2.59. The number of halogens is 2. The van der Waals surface area contributed by atoms with Crippen LogP contribution in [-0.2, 0) is 0 Å². The molecular weight excluding hydrogens is 262 g/mol. The van der Waals surface area contributed by atoms with Gasteiger partial charge in [0.25, 0.3) is 5.91 Å². The normalized spacial score (nSPS) is 18.9. The van der Waals surface area contributed by atoms with E-state index in [0.29, 0.717) is 6.54 Å². The summed E-state index contributed by atoms with van der Waals surface area (Å²) in [7, 11) is 0. The Morgan fingerprint density at radius 3 is 2.80 bits per heavy atom. The van der Waals surface area contributed by atoms with Crippen molar-refractivity contribution in [2.75, 3.05) is 19.6 Å². The summed E-state index contributed by atoms with van der Waals surface area (Å²) in [5.74, 6) is -2.13. The lowest BCUT2D eigenvalue weighted by Gasteiger charge is -2.34. The van der Waals surface area contributed by atoms with Crippen LogP contribution in [0.25, 0.3) is 0 Å². The second kappa shape index (κ2) is 6.79. The van der Waals surface area contributed by atoms with Gasteiger partial charge in [-0.15, -0.1) is 0 Å². The molecule has 5 heteroatoms. The molecule has 1 saturated heterocycles. The van der Waals surface area contributed by atoms with Crippen molar-refractivity contribution in [1.82, 2.24) is 10.2 Å². The Morgan fingerprint density at radius 2 is 2.20 bits per heavy atom. The number of nitrogens with zero attached hydrogens (tertiary/aromatic N) is 1. The Kier molecular flexibility index (Phi) is 5.06. The molecule has 0 bridgehead atoms. The van der Waals surface area contributed by atoms with Gasteiger partial charge in [-0.1, -0.05) is 6.92 Å². The lowest BCUT2D eigenvalue weighted by Crippen LogP contribution is -2.49. The lowest BCUT2D eigenvalue weighted by atomic mass is 10.0. The van der Waals surface area contributed by atoms with E-state index in [9.17, 15) is 13.6 Å². The maximum atomic E-state index is 13.3. The van der Waals surface area contributed by atoms with Crippen molar-refractivity contribution in [2.24, 2.45) is 0 Å². The Hall–Kier alpha value is -1.49. The first kappa shape index (κ1) is 14.9. The van der Waals surface area contributed by atoms with Crippen LogP contribution in [0.3, 0.4) is 0 Å². The molecule has 20 heavy (non-hydrogen) atoms. The third kappa shape index (κ3) is 3.33. The van der Waals surface area contributed by atoms with Gasteiger partial charge in [-0.3, -0.25) is 4.79 Å². The van der Waals surface area contributed by atoms with E-state index in [0.717, 1.165) is 44.5 Å². The number of rotatable bonds is 4. The highest BCUT2D eigenvalue weighted by atomic mass is 19.2. The van der Waals surface area contributed by atoms with Crippen molar-refractivity contribution in [2.45, 2.75) is 32.2 Å². The number of nitrogens with one attached hydrogen (secondary N) is 1. The number of hydrogen-bond acceptors (Lipinski definition) is 2. The number of carbonyl (C=O) groups excluding carboxylic acids is 1. The van der Waals surface area contributed by atoms with Gasteiger partial charge in [0.05, 0.1) is 0 Å². The van der Waals surface area contributed by atoms with Gasteiger partial charge in [0.1, 0.15) is 0 Å². The van der Waals surface area contributed by atoms with Crippen molar-refractivity contribution in [3.63, 3.8) is 0 Å². The van der Waals surface area contributed by atoms with Gasteiger partial charge in [-0.25, -0.2) is 8.78 Å². The van der Waals surface area contributed by atoms with E-state index in [1.165, 1.54) is 6.07 Å². The van der Waals surface area contributed by atoms with E-state index in [1.807, 2.05) is 6.92 Å². The van der Waals surface area contributed by atoms with Crippen LogP contribution in [0, 0.1) is 11.6 Å². The minimum atomic E-state index is -0.978. The summed E-state index contributed by atoms with van der Waals surface area (Å²) in [6.45, 7) is 4.36. The Balaban J connectivity index is 2.18. The third-order valence-electron chi connectivity index (χ3n) is 3.60. The SMILES string of the molecule is CCCN(C(=O)c1ccc(F)c(F)c1)C1CCCNC1. The first-order valence-corrected chi connectivity index (χ1v) is 7.10. The number of hydrogen-bond donors (Lipinski definition) is 1. The molecule has 0 spiro atoms. The molecule has 1 aliphatic rings. The zero-order valence-corrected chi connectivity index (χ0v) is 11.7. The minimum absolute atomic E-state index is 0.129. The average Bonchev–Trinajstić information content (AvgIpc) is 2.48. The molecule has 1 aromatic rings. The molecule has 1 unspecified atom stereocenters. The van der Waals surface area contributed by atoms with E-state index in [1.54, 1.807) is 4.90 Å². The van der Waals surface area contributed by atoms with Crippen LogP contribution in [0.5, 0.6) is 0 Å². The van der Waals surface area contributed by atoms with Crippen LogP contribution >= 0.6 is 0 Å². The second-order valence-electron chi connectivity index (χ2n) is 5.13. The summed E-state index contributed by atoms with van der Waals surface area (Å²) in [6.07, 6.45) is 2.81. The molecule has 0 aromatic heterocycles. The average molecular weight is 282 g/mol. The summed E-state index contributed by atoms with van der Waals surface area (Å²) in [5.41, 5.74) is 0.211. The van der Waals surface area contributed by atoms with E-state index < -0.39 is 11.6 Å². The van der Waals surface area contributed by atoms with Crippen LogP contribution in [0.2, 0.25) is 0 Å². The zero-order chi connectivity index (χ0) is 14.5. The molecule has 1 heterocycles. The molecule has 0 aliphatic carbocycles. The molecule has 1 amide bonds. The smallest absolute Gasteiger partial charge is 0.254 e. The van der Waals surface area contributed by atoms with Crippen LogP contribution < -0.4 is 5.32 Å². The standard InChI is InChI=1S/C15H20F2N2O/c1-2-8-19(12-4-3-7-18-10-12)15(20)11-5-6-13(16)14(17)9-11/h5-6,9,12,18H,2-4,7-8,10H2,1H3. The van der Waals surface area contributed by atoms with Gasteiger partial charge in [-0.05, 0) is 44.0 Å². The van der Waals surface area contributed by atoms with E-state index in [-0.39, 0.29) is 17.5 Å². The summed E-state index contributed by atoms with van der Waals surface area (Å²) >= 11 is 0. The van der Waals surface area contributed by atoms with Gasteiger partial charge in [-0.2, -0.15) is 0 Å². The van der Waals surface area contributed by atoms with Crippen molar-refractivity contribution in [3.8, 4) is 0 Å². The van der Waals surface area contributed by atoms with Crippen molar-refractivity contribution in [3.05, 3.63) is 35.4 Å². The molecule has 0 saturated carbocycles. The van der Waals surface area contributed by atoms with Crippen LogP contribution in [0.4, 0.5) is 8.78 Å². The third-order valence-corrected chi connectivity index (χ3v) is 3.60. The number of amides is 1. The highest BCUT2D eigenvalue weighted by Crippen LogP contribution is 2.17. The van der Waals surface area contributed by atoms with Crippen molar-refractivity contribution >= 4 is 5.91 Å². The molecule has 3 nitrogen and oxygen atoms in total. The van der Waals surface area contributed by atoms with E-state index >= 15 is 0 Å². The van der Waals surface area contributed by atoms with Gasteiger partial charge in [0.2, 0.25) is 0 Å². The maximum absolute atomic E-state index is 13.3. The van der Waals surface area contributed by atoms with Gasteiger partial charge < -0.3 is 10.2 Å². The molecule has 0 radical (unpaired) electrons. The fraction of sp³-hybridized carbons (Fsp3) is 0.533. The van der Waals surface area contributed by atoms with Crippen LogP contribution in [0.1, 0.15) is 36.5 Å². The van der Waals surface area contributed by atoms with Gasteiger partial charge in [0, 0.05) is 24.7 Å². The number of carbonyl (C=O) groups is 1. The predicted molar refractivity (Wildman–Crippen MR) is 73.6 cm³/mol. The summed E-state index contributed by atoms with van der Waals surface area (Å²) in [4.78, 5) is 14.3. The van der Waals surface area contributed by atoms with E-state index in [2.05, 4.69) is 5.32 Å². The van der Waals surface area contributed by atoms with Crippen molar-refractivity contribution < 1.29 is 13.6 Å². The monoisotopic (exact) mass is 282 g/mol. The highest BCUT2D eigenvalue weighted by Gasteiger charge is 2.26. The van der Waals surface area contributed by atoms with Crippen LogP contribution in [-0.4, -0.2) is 36.5 Å². The topological polar surface area (TPSA) is 32.3 Å².